The zero-order valence-corrected chi connectivity index (χ0v) is 12.8. The van der Waals surface area contributed by atoms with E-state index in [1.54, 1.807) is 0 Å². The molecule has 108 valence electrons. The molecule has 0 bridgehead atoms. The van der Waals surface area contributed by atoms with Crippen LogP contribution in [0.25, 0.3) is 0 Å². The summed E-state index contributed by atoms with van der Waals surface area (Å²) in [5.74, 6) is 0.603. The number of sulfone groups is 1. The van der Waals surface area contributed by atoms with Crippen molar-refractivity contribution >= 4 is 9.84 Å². The number of hydrogen-bond acceptors (Lipinski definition) is 4. The Morgan fingerprint density at radius 3 is 2.50 bits per heavy atom. The summed E-state index contributed by atoms with van der Waals surface area (Å²) >= 11 is 0. The summed E-state index contributed by atoms with van der Waals surface area (Å²) in [6.07, 6.45) is 1.47. The summed E-state index contributed by atoms with van der Waals surface area (Å²) in [5.41, 5.74) is 0. The van der Waals surface area contributed by atoms with Gasteiger partial charge in [-0.15, -0.1) is 0 Å². The number of ether oxygens (including phenoxy) is 1. The van der Waals surface area contributed by atoms with Gasteiger partial charge in [0.05, 0.1) is 17.1 Å². The monoisotopic (exact) mass is 277 g/mol. The van der Waals surface area contributed by atoms with Crippen molar-refractivity contribution in [1.82, 2.24) is 5.32 Å². The highest BCUT2D eigenvalue weighted by atomic mass is 32.2. The van der Waals surface area contributed by atoms with E-state index < -0.39 is 9.84 Å². The summed E-state index contributed by atoms with van der Waals surface area (Å²) in [4.78, 5) is 0. The van der Waals surface area contributed by atoms with Gasteiger partial charge in [-0.2, -0.15) is 0 Å². The molecule has 1 aliphatic heterocycles. The van der Waals surface area contributed by atoms with Crippen molar-refractivity contribution in [1.29, 1.82) is 0 Å². The Balaban J connectivity index is 2.72. The fourth-order valence-corrected chi connectivity index (χ4v) is 4.84. The molecule has 1 N–H and O–H groups in total. The lowest BCUT2D eigenvalue weighted by atomic mass is 10.0. The van der Waals surface area contributed by atoms with E-state index in [2.05, 4.69) is 19.2 Å². The van der Waals surface area contributed by atoms with E-state index in [0.29, 0.717) is 18.9 Å². The Labute approximate surface area is 111 Å². The van der Waals surface area contributed by atoms with Gasteiger partial charge in [-0.25, -0.2) is 8.42 Å². The van der Waals surface area contributed by atoms with Gasteiger partial charge in [0.1, 0.15) is 0 Å². The highest BCUT2D eigenvalue weighted by molar-refractivity contribution is 7.92. The molecule has 0 aliphatic carbocycles. The first-order chi connectivity index (χ1) is 8.42. The first kappa shape index (κ1) is 15.9. The summed E-state index contributed by atoms with van der Waals surface area (Å²) in [6.45, 7) is 9.46. The maximum absolute atomic E-state index is 12.4. The van der Waals surface area contributed by atoms with Crippen molar-refractivity contribution in [2.45, 2.75) is 57.9 Å². The zero-order chi connectivity index (χ0) is 13.8. The number of nitrogens with one attached hydrogen (secondary N) is 1. The predicted molar refractivity (Wildman–Crippen MR) is 74.5 cm³/mol. The van der Waals surface area contributed by atoms with E-state index in [-0.39, 0.29) is 23.1 Å². The Kier molecular flexibility index (Phi) is 6.08. The van der Waals surface area contributed by atoms with Gasteiger partial charge in [-0.3, -0.25) is 0 Å². The first-order valence-corrected chi connectivity index (χ1v) is 8.70. The van der Waals surface area contributed by atoms with E-state index in [4.69, 9.17) is 4.74 Å². The predicted octanol–water partition coefficient (Wildman–Crippen LogP) is 1.60. The molecule has 4 nitrogen and oxygen atoms in total. The average Bonchev–Trinajstić information content (AvgIpc) is 2.74. The van der Waals surface area contributed by atoms with Crippen LogP contribution in [0.2, 0.25) is 0 Å². The molecule has 4 atom stereocenters. The molecule has 0 spiro atoms. The summed E-state index contributed by atoms with van der Waals surface area (Å²) in [5, 5.41) is 2.99. The lowest BCUT2D eigenvalue weighted by Crippen LogP contribution is -2.44. The van der Waals surface area contributed by atoms with Crippen LogP contribution in [-0.2, 0) is 14.6 Å². The fourth-order valence-electron chi connectivity index (χ4n) is 2.53. The van der Waals surface area contributed by atoms with Crippen LogP contribution in [0.3, 0.4) is 0 Å². The van der Waals surface area contributed by atoms with Gasteiger partial charge >= 0.3 is 0 Å². The van der Waals surface area contributed by atoms with Crippen molar-refractivity contribution in [3.63, 3.8) is 0 Å². The van der Waals surface area contributed by atoms with Crippen LogP contribution in [0.4, 0.5) is 0 Å². The van der Waals surface area contributed by atoms with Gasteiger partial charge in [0.15, 0.2) is 9.84 Å². The van der Waals surface area contributed by atoms with Crippen LogP contribution in [0.15, 0.2) is 0 Å². The van der Waals surface area contributed by atoms with Gasteiger partial charge in [0.2, 0.25) is 0 Å². The van der Waals surface area contributed by atoms with E-state index >= 15 is 0 Å². The molecule has 1 aliphatic rings. The maximum atomic E-state index is 12.4. The fraction of sp³-hybridized carbons (Fsp3) is 1.00. The molecular formula is C13H27NO3S. The standard InChI is InChI=1S/C13H27NO3S/c1-5-10(3)12(14-6-2)9-18(15,16)13-7-8-17-11(13)4/h10-14H,5-9H2,1-4H3. The van der Waals surface area contributed by atoms with Gasteiger partial charge in [0, 0.05) is 12.6 Å². The molecule has 0 aromatic rings. The highest BCUT2D eigenvalue weighted by Gasteiger charge is 2.37. The molecule has 1 saturated heterocycles. The third-order valence-corrected chi connectivity index (χ3v) is 6.34. The van der Waals surface area contributed by atoms with Crippen LogP contribution in [0.5, 0.6) is 0 Å². The molecule has 18 heavy (non-hydrogen) atoms. The largest absolute Gasteiger partial charge is 0.377 e. The third kappa shape index (κ3) is 3.93. The van der Waals surface area contributed by atoms with E-state index in [9.17, 15) is 8.42 Å². The summed E-state index contributed by atoms with van der Waals surface area (Å²) in [6, 6.07) is 0.0535. The second-order valence-electron chi connectivity index (χ2n) is 5.28. The molecule has 1 fully saturated rings. The Morgan fingerprint density at radius 2 is 2.06 bits per heavy atom. The number of hydrogen-bond donors (Lipinski definition) is 1. The minimum absolute atomic E-state index is 0.0535. The van der Waals surface area contributed by atoms with Crippen LogP contribution >= 0.6 is 0 Å². The Bertz CT molecular complexity index is 342. The maximum Gasteiger partial charge on any atom is 0.157 e. The van der Waals surface area contributed by atoms with Crippen molar-refractivity contribution in [3.05, 3.63) is 0 Å². The van der Waals surface area contributed by atoms with Crippen LogP contribution < -0.4 is 5.32 Å². The molecule has 1 heterocycles. The average molecular weight is 277 g/mol. The van der Waals surface area contributed by atoms with Crippen LogP contribution in [-0.4, -0.2) is 44.7 Å². The third-order valence-electron chi connectivity index (χ3n) is 3.98. The molecule has 1 rings (SSSR count). The smallest absolute Gasteiger partial charge is 0.157 e. The first-order valence-electron chi connectivity index (χ1n) is 6.98. The minimum Gasteiger partial charge on any atom is -0.377 e. The second kappa shape index (κ2) is 6.87. The molecule has 0 radical (unpaired) electrons. The lowest BCUT2D eigenvalue weighted by Gasteiger charge is -2.26. The molecule has 4 unspecified atom stereocenters. The summed E-state index contributed by atoms with van der Waals surface area (Å²) in [7, 11) is -3.07. The van der Waals surface area contributed by atoms with E-state index in [1.165, 1.54) is 0 Å². The molecular weight excluding hydrogens is 250 g/mol. The normalized spacial score (nSPS) is 28.2. The number of rotatable bonds is 7. The van der Waals surface area contributed by atoms with Crippen LogP contribution in [0, 0.1) is 5.92 Å². The molecule has 0 aromatic carbocycles. The quantitative estimate of drug-likeness (QED) is 0.768. The SMILES string of the molecule is CCNC(CS(=O)(=O)C1CCOC1C)C(C)CC. The highest BCUT2D eigenvalue weighted by Crippen LogP contribution is 2.23. The van der Waals surface area contributed by atoms with Crippen molar-refractivity contribution in [2.24, 2.45) is 5.92 Å². The van der Waals surface area contributed by atoms with Crippen LogP contribution in [0.1, 0.15) is 40.5 Å². The van der Waals surface area contributed by atoms with Gasteiger partial charge in [-0.05, 0) is 25.8 Å². The lowest BCUT2D eigenvalue weighted by molar-refractivity contribution is 0.126. The van der Waals surface area contributed by atoms with E-state index in [0.717, 1.165) is 13.0 Å². The Hall–Kier alpha value is -0.130. The topological polar surface area (TPSA) is 55.4 Å². The zero-order valence-electron chi connectivity index (χ0n) is 12.0. The van der Waals surface area contributed by atoms with E-state index in [1.807, 2.05) is 13.8 Å². The second-order valence-corrected chi connectivity index (χ2v) is 7.55. The van der Waals surface area contributed by atoms with Crippen molar-refractivity contribution in [3.8, 4) is 0 Å². The molecule has 0 saturated carbocycles. The van der Waals surface area contributed by atoms with Gasteiger partial charge in [-0.1, -0.05) is 27.2 Å². The molecule has 0 amide bonds. The minimum atomic E-state index is -3.07. The Morgan fingerprint density at radius 1 is 1.39 bits per heavy atom. The van der Waals surface area contributed by atoms with Crippen molar-refractivity contribution in [2.75, 3.05) is 18.9 Å². The van der Waals surface area contributed by atoms with Gasteiger partial charge < -0.3 is 10.1 Å². The van der Waals surface area contributed by atoms with Crippen molar-refractivity contribution < 1.29 is 13.2 Å². The van der Waals surface area contributed by atoms with Gasteiger partial charge in [0.25, 0.3) is 0 Å². The summed E-state index contributed by atoms with van der Waals surface area (Å²) < 4.78 is 30.2. The molecule has 0 aromatic heterocycles. The molecule has 5 heteroatoms.